The van der Waals surface area contributed by atoms with Gasteiger partial charge in [0.05, 0.1) is 11.4 Å². The highest BCUT2D eigenvalue weighted by Crippen LogP contribution is 2.30. The number of benzene rings is 1. The van der Waals surface area contributed by atoms with Gasteiger partial charge in [0.2, 0.25) is 5.95 Å². The Morgan fingerprint density at radius 1 is 0.647 bits per heavy atom. The third-order valence-electron chi connectivity index (χ3n) is 5.52. The SMILES string of the molecule is Cc1cc(-c2ncc(-c3ccc(F)nc3)cc2C=Cc2ccccc2)cnc1-c1cccnc1. The second kappa shape index (κ2) is 9.55. The van der Waals surface area contributed by atoms with Crippen LogP contribution in [0.5, 0.6) is 0 Å². The quantitative estimate of drug-likeness (QED) is 0.277. The van der Waals surface area contributed by atoms with E-state index in [0.717, 1.165) is 50.3 Å². The molecule has 1 aromatic carbocycles. The molecule has 0 unspecified atom stereocenters. The molecular weight excluding hydrogens is 423 g/mol. The number of halogens is 1. The van der Waals surface area contributed by atoms with Crippen molar-refractivity contribution in [1.29, 1.82) is 0 Å². The van der Waals surface area contributed by atoms with Crippen molar-refractivity contribution in [2.24, 2.45) is 0 Å². The predicted molar refractivity (Wildman–Crippen MR) is 134 cm³/mol. The molecule has 4 aromatic heterocycles. The summed E-state index contributed by atoms with van der Waals surface area (Å²) < 4.78 is 13.3. The first-order valence-corrected chi connectivity index (χ1v) is 10.9. The highest BCUT2D eigenvalue weighted by Gasteiger charge is 2.12. The van der Waals surface area contributed by atoms with Crippen molar-refractivity contribution < 1.29 is 4.39 Å². The van der Waals surface area contributed by atoms with Crippen molar-refractivity contribution in [1.82, 2.24) is 19.9 Å². The van der Waals surface area contributed by atoms with Gasteiger partial charge in [0.1, 0.15) is 0 Å². The predicted octanol–water partition coefficient (Wildman–Crippen LogP) is 6.89. The number of rotatable bonds is 5. The van der Waals surface area contributed by atoms with E-state index in [1.54, 1.807) is 18.5 Å². The summed E-state index contributed by atoms with van der Waals surface area (Å²) in [4.78, 5) is 17.5. The molecular formula is C29H21FN4. The van der Waals surface area contributed by atoms with E-state index < -0.39 is 5.95 Å². The van der Waals surface area contributed by atoms with E-state index in [1.807, 2.05) is 73.9 Å². The summed E-state index contributed by atoms with van der Waals surface area (Å²) in [6, 6.07) is 21.2. The van der Waals surface area contributed by atoms with E-state index in [2.05, 4.69) is 22.1 Å². The maximum absolute atomic E-state index is 13.3. The van der Waals surface area contributed by atoms with Crippen LogP contribution in [0.1, 0.15) is 16.7 Å². The summed E-state index contributed by atoms with van der Waals surface area (Å²) in [5, 5.41) is 0. The van der Waals surface area contributed by atoms with Crippen LogP contribution in [0.2, 0.25) is 0 Å². The van der Waals surface area contributed by atoms with Gasteiger partial charge in [-0.2, -0.15) is 4.39 Å². The zero-order valence-electron chi connectivity index (χ0n) is 18.6. The summed E-state index contributed by atoms with van der Waals surface area (Å²) in [6.45, 7) is 2.04. The van der Waals surface area contributed by atoms with Crippen LogP contribution in [0.3, 0.4) is 0 Å². The van der Waals surface area contributed by atoms with Gasteiger partial charge in [-0.25, -0.2) is 4.98 Å². The molecule has 0 fully saturated rings. The first kappa shape index (κ1) is 21.3. The fourth-order valence-corrected chi connectivity index (χ4v) is 3.81. The van der Waals surface area contributed by atoms with Gasteiger partial charge in [-0.15, -0.1) is 0 Å². The number of aromatic nitrogens is 4. The van der Waals surface area contributed by atoms with Crippen molar-refractivity contribution in [3.63, 3.8) is 0 Å². The van der Waals surface area contributed by atoms with Gasteiger partial charge in [-0.3, -0.25) is 15.0 Å². The lowest BCUT2D eigenvalue weighted by Crippen LogP contribution is -1.95. The molecule has 0 amide bonds. The third-order valence-corrected chi connectivity index (χ3v) is 5.52. The summed E-state index contributed by atoms with van der Waals surface area (Å²) in [5.74, 6) is -0.507. The van der Waals surface area contributed by atoms with E-state index in [-0.39, 0.29) is 0 Å². The zero-order chi connectivity index (χ0) is 23.3. The largest absolute Gasteiger partial charge is 0.264 e. The highest BCUT2D eigenvalue weighted by molar-refractivity contribution is 5.82. The number of aryl methyl sites for hydroxylation is 1. The van der Waals surface area contributed by atoms with Crippen LogP contribution < -0.4 is 0 Å². The minimum absolute atomic E-state index is 0.507. The van der Waals surface area contributed by atoms with Crippen LogP contribution in [-0.4, -0.2) is 19.9 Å². The lowest BCUT2D eigenvalue weighted by atomic mass is 9.99. The van der Waals surface area contributed by atoms with Gasteiger partial charge >= 0.3 is 0 Å². The second-order valence-corrected chi connectivity index (χ2v) is 7.91. The van der Waals surface area contributed by atoms with E-state index in [9.17, 15) is 4.39 Å². The minimum atomic E-state index is -0.507. The Labute approximate surface area is 197 Å². The average molecular weight is 445 g/mol. The van der Waals surface area contributed by atoms with Crippen LogP contribution in [0.15, 0.2) is 97.7 Å². The topological polar surface area (TPSA) is 51.6 Å². The minimum Gasteiger partial charge on any atom is -0.264 e. The molecule has 34 heavy (non-hydrogen) atoms. The van der Waals surface area contributed by atoms with Gasteiger partial charge in [0, 0.05) is 58.8 Å². The molecule has 0 aliphatic rings. The number of pyridine rings is 4. The van der Waals surface area contributed by atoms with Crippen LogP contribution >= 0.6 is 0 Å². The van der Waals surface area contributed by atoms with Crippen LogP contribution in [0.4, 0.5) is 4.39 Å². The fourth-order valence-electron chi connectivity index (χ4n) is 3.81. The van der Waals surface area contributed by atoms with Crippen molar-refractivity contribution in [3.05, 3.63) is 120 Å². The Balaban J connectivity index is 1.59. The maximum atomic E-state index is 13.3. The van der Waals surface area contributed by atoms with Gasteiger partial charge in [-0.05, 0) is 54.4 Å². The van der Waals surface area contributed by atoms with Crippen molar-refractivity contribution in [3.8, 4) is 33.6 Å². The Morgan fingerprint density at radius 3 is 2.18 bits per heavy atom. The molecule has 0 saturated carbocycles. The Morgan fingerprint density at radius 2 is 1.44 bits per heavy atom. The molecule has 0 bridgehead atoms. The monoisotopic (exact) mass is 444 g/mol. The molecule has 0 spiro atoms. The molecule has 5 heteroatoms. The highest BCUT2D eigenvalue weighted by atomic mass is 19.1. The fraction of sp³-hybridized carbons (Fsp3) is 0.0345. The van der Waals surface area contributed by atoms with E-state index >= 15 is 0 Å². The molecule has 0 atom stereocenters. The van der Waals surface area contributed by atoms with Gasteiger partial charge in [-0.1, -0.05) is 42.5 Å². The third kappa shape index (κ3) is 4.64. The second-order valence-electron chi connectivity index (χ2n) is 7.91. The first-order valence-electron chi connectivity index (χ1n) is 10.9. The van der Waals surface area contributed by atoms with Crippen LogP contribution in [0.25, 0.3) is 45.8 Å². The lowest BCUT2D eigenvalue weighted by molar-refractivity contribution is 0.584. The smallest absolute Gasteiger partial charge is 0.212 e. The lowest BCUT2D eigenvalue weighted by Gasteiger charge is -2.11. The van der Waals surface area contributed by atoms with Gasteiger partial charge in [0.15, 0.2) is 0 Å². The Kier molecular flexibility index (Phi) is 5.99. The van der Waals surface area contributed by atoms with Crippen molar-refractivity contribution >= 4 is 12.2 Å². The molecule has 0 aliphatic carbocycles. The summed E-state index contributed by atoms with van der Waals surface area (Å²) >= 11 is 0. The molecule has 4 nitrogen and oxygen atoms in total. The molecule has 0 saturated heterocycles. The number of nitrogens with zero attached hydrogens (tertiary/aromatic N) is 4. The van der Waals surface area contributed by atoms with Gasteiger partial charge < -0.3 is 0 Å². The van der Waals surface area contributed by atoms with Crippen LogP contribution in [0, 0.1) is 12.9 Å². The summed E-state index contributed by atoms with van der Waals surface area (Å²) in [7, 11) is 0. The maximum Gasteiger partial charge on any atom is 0.212 e. The van der Waals surface area contributed by atoms with E-state index in [0.29, 0.717) is 0 Å². The van der Waals surface area contributed by atoms with Crippen LogP contribution in [-0.2, 0) is 0 Å². The van der Waals surface area contributed by atoms with E-state index in [4.69, 9.17) is 9.97 Å². The number of hydrogen-bond acceptors (Lipinski definition) is 4. The Hall–Kier alpha value is -4.51. The molecule has 0 aliphatic heterocycles. The summed E-state index contributed by atoms with van der Waals surface area (Å²) in [6.07, 6.45) is 12.8. The first-order chi connectivity index (χ1) is 16.7. The molecule has 4 heterocycles. The van der Waals surface area contributed by atoms with Gasteiger partial charge in [0.25, 0.3) is 0 Å². The summed E-state index contributed by atoms with van der Waals surface area (Å²) in [5.41, 5.74) is 8.33. The van der Waals surface area contributed by atoms with Crippen molar-refractivity contribution in [2.45, 2.75) is 6.92 Å². The molecule has 164 valence electrons. The normalized spacial score (nSPS) is 11.1. The molecule has 0 N–H and O–H groups in total. The molecule has 5 rings (SSSR count). The average Bonchev–Trinajstić information content (AvgIpc) is 2.89. The molecule has 5 aromatic rings. The standard InChI is InChI=1S/C29H21FN4/c1-20-14-26(19-33-28(20)24-8-5-13-31-16-24)29-22(10-9-21-6-3-2-4-7-21)15-25(18-34-29)23-11-12-27(30)32-17-23/h2-19H,1H3. The molecule has 0 radical (unpaired) electrons. The Bertz CT molecular complexity index is 1450. The van der Waals surface area contributed by atoms with Crippen molar-refractivity contribution in [2.75, 3.05) is 0 Å². The van der Waals surface area contributed by atoms with E-state index in [1.165, 1.54) is 12.3 Å². The zero-order valence-corrected chi connectivity index (χ0v) is 18.6. The number of hydrogen-bond donors (Lipinski definition) is 0.